The van der Waals surface area contributed by atoms with E-state index in [0.29, 0.717) is 5.30 Å². The molecule has 1 aromatic carbocycles. The van der Waals surface area contributed by atoms with E-state index in [1.165, 1.54) is 12.1 Å². The normalized spacial score (nSPS) is 13.4. The van der Waals surface area contributed by atoms with Gasteiger partial charge in [-0.05, 0) is 12.1 Å². The summed E-state index contributed by atoms with van der Waals surface area (Å²) in [6.07, 6.45) is -4.35. The average Bonchev–Trinajstić information content (AvgIpc) is 2.26. The third-order valence-corrected chi connectivity index (χ3v) is 7.31. The molecule has 0 aliphatic rings. The number of halogens is 3. The maximum atomic E-state index is 12.9. The molecule has 102 valence electrons. The SMILES string of the molecule is CC(C)P(=O)(c1ccc(C(F)(F)F)cc1)C(C)C. The van der Waals surface area contributed by atoms with Crippen LogP contribution in [0.3, 0.4) is 0 Å². The van der Waals surface area contributed by atoms with Gasteiger partial charge in [0, 0.05) is 16.6 Å². The number of alkyl halides is 3. The molecule has 0 spiro atoms. The summed E-state index contributed by atoms with van der Waals surface area (Å²) in [5.41, 5.74) is -0.853. The van der Waals surface area contributed by atoms with Crippen molar-refractivity contribution in [2.75, 3.05) is 0 Å². The van der Waals surface area contributed by atoms with E-state index in [0.717, 1.165) is 12.1 Å². The van der Waals surface area contributed by atoms with Crippen LogP contribution in [0.2, 0.25) is 0 Å². The lowest BCUT2D eigenvalue weighted by Gasteiger charge is -2.26. The van der Waals surface area contributed by atoms with Crippen molar-refractivity contribution in [2.45, 2.75) is 45.2 Å². The molecule has 0 saturated heterocycles. The quantitative estimate of drug-likeness (QED) is 0.743. The van der Waals surface area contributed by atoms with Gasteiger partial charge in [-0.3, -0.25) is 0 Å². The number of rotatable bonds is 3. The highest BCUT2D eigenvalue weighted by Crippen LogP contribution is 2.53. The average molecular weight is 278 g/mol. The molecule has 0 aliphatic heterocycles. The van der Waals surface area contributed by atoms with Gasteiger partial charge in [0.25, 0.3) is 0 Å². The molecule has 1 rings (SSSR count). The summed E-state index contributed by atoms with van der Waals surface area (Å²) in [6, 6.07) is 4.71. The van der Waals surface area contributed by atoms with E-state index < -0.39 is 18.9 Å². The summed E-state index contributed by atoms with van der Waals surface area (Å²) < 4.78 is 50.3. The Labute approximate surface area is 106 Å². The second-order valence-electron chi connectivity index (χ2n) is 4.94. The Kier molecular flexibility index (Phi) is 4.32. The highest BCUT2D eigenvalue weighted by atomic mass is 31.2. The van der Waals surface area contributed by atoms with E-state index >= 15 is 0 Å². The molecule has 1 nitrogen and oxygen atoms in total. The lowest BCUT2D eigenvalue weighted by Crippen LogP contribution is -2.20. The van der Waals surface area contributed by atoms with Gasteiger partial charge in [-0.15, -0.1) is 0 Å². The summed E-state index contributed by atoms with van der Waals surface area (Å²) in [4.78, 5) is 0. The first-order chi connectivity index (χ1) is 8.10. The van der Waals surface area contributed by atoms with E-state index in [9.17, 15) is 17.7 Å². The fraction of sp³-hybridized carbons (Fsp3) is 0.538. The second kappa shape index (κ2) is 5.08. The molecule has 0 aliphatic carbocycles. The highest BCUT2D eigenvalue weighted by Gasteiger charge is 2.34. The molecule has 0 N–H and O–H groups in total. The highest BCUT2D eigenvalue weighted by molar-refractivity contribution is 7.72. The van der Waals surface area contributed by atoms with Crippen molar-refractivity contribution in [2.24, 2.45) is 0 Å². The van der Waals surface area contributed by atoms with Crippen molar-refractivity contribution in [1.29, 1.82) is 0 Å². The smallest absolute Gasteiger partial charge is 0.318 e. The fourth-order valence-corrected chi connectivity index (χ4v) is 5.08. The molecule has 0 amide bonds. The van der Waals surface area contributed by atoms with Crippen LogP contribution in [0.15, 0.2) is 24.3 Å². The van der Waals surface area contributed by atoms with E-state index in [1.807, 2.05) is 27.7 Å². The van der Waals surface area contributed by atoms with E-state index in [4.69, 9.17) is 0 Å². The summed E-state index contributed by atoms with van der Waals surface area (Å²) in [7, 11) is -2.66. The molecule has 0 aromatic heterocycles. The number of hydrogen-bond donors (Lipinski definition) is 0. The first-order valence-electron chi connectivity index (χ1n) is 5.87. The first kappa shape index (κ1) is 15.3. The zero-order chi connectivity index (χ0) is 14.1. The summed E-state index contributed by atoms with van der Waals surface area (Å²) in [5, 5.41) is 0.528. The molecular formula is C13H18F3OP. The largest absolute Gasteiger partial charge is 0.416 e. The van der Waals surface area contributed by atoms with Crippen molar-refractivity contribution in [3.8, 4) is 0 Å². The van der Waals surface area contributed by atoms with Gasteiger partial charge in [0.1, 0.15) is 7.14 Å². The second-order valence-corrected chi connectivity index (χ2v) is 8.94. The monoisotopic (exact) mass is 278 g/mol. The van der Waals surface area contributed by atoms with Crippen molar-refractivity contribution in [1.82, 2.24) is 0 Å². The van der Waals surface area contributed by atoms with Crippen LogP contribution < -0.4 is 5.30 Å². The molecule has 0 bridgehead atoms. The molecule has 1 aromatic rings. The van der Waals surface area contributed by atoms with Crippen LogP contribution in [0.25, 0.3) is 0 Å². The van der Waals surface area contributed by atoms with Crippen LogP contribution in [-0.2, 0) is 10.7 Å². The minimum atomic E-state index is -4.35. The third kappa shape index (κ3) is 2.80. The summed E-state index contributed by atoms with van der Waals surface area (Å²) >= 11 is 0. The molecule has 0 fully saturated rings. The first-order valence-corrected chi connectivity index (χ1v) is 7.72. The Morgan fingerprint density at radius 3 is 1.61 bits per heavy atom. The molecule has 0 heterocycles. The number of benzene rings is 1. The molecule has 0 saturated carbocycles. The van der Waals surface area contributed by atoms with E-state index in [1.54, 1.807) is 0 Å². The van der Waals surface area contributed by atoms with Gasteiger partial charge in [-0.1, -0.05) is 39.8 Å². The molecule has 0 unspecified atom stereocenters. The predicted molar refractivity (Wildman–Crippen MR) is 69.0 cm³/mol. The minimum Gasteiger partial charge on any atom is -0.318 e. The topological polar surface area (TPSA) is 17.1 Å². The molecule has 5 heteroatoms. The maximum absolute atomic E-state index is 12.9. The Balaban J connectivity index is 3.23. The zero-order valence-electron chi connectivity index (χ0n) is 11.0. The van der Waals surface area contributed by atoms with Crippen molar-refractivity contribution < 1.29 is 17.7 Å². The third-order valence-electron chi connectivity index (χ3n) is 3.13. The van der Waals surface area contributed by atoms with Crippen molar-refractivity contribution in [3.05, 3.63) is 29.8 Å². The summed E-state index contributed by atoms with van der Waals surface area (Å²) in [6.45, 7) is 7.38. The van der Waals surface area contributed by atoms with Gasteiger partial charge in [0.15, 0.2) is 0 Å². The molecular weight excluding hydrogens is 260 g/mol. The van der Waals surface area contributed by atoms with Crippen LogP contribution in [-0.4, -0.2) is 11.3 Å². The van der Waals surface area contributed by atoms with E-state index in [2.05, 4.69) is 0 Å². The number of hydrogen-bond acceptors (Lipinski definition) is 1. The van der Waals surface area contributed by atoms with Crippen LogP contribution in [0.4, 0.5) is 13.2 Å². The van der Waals surface area contributed by atoms with Crippen LogP contribution >= 0.6 is 7.14 Å². The molecule has 18 heavy (non-hydrogen) atoms. The summed E-state index contributed by atoms with van der Waals surface area (Å²) in [5.74, 6) is 0. The van der Waals surface area contributed by atoms with Gasteiger partial charge < -0.3 is 4.57 Å². The fourth-order valence-electron chi connectivity index (χ4n) is 2.08. The van der Waals surface area contributed by atoms with Crippen molar-refractivity contribution >= 4 is 12.4 Å². The van der Waals surface area contributed by atoms with E-state index in [-0.39, 0.29) is 11.3 Å². The molecule has 0 radical (unpaired) electrons. The predicted octanol–water partition coefficient (Wildman–Crippen LogP) is 4.51. The van der Waals surface area contributed by atoms with Gasteiger partial charge in [0.2, 0.25) is 0 Å². The molecule has 0 atom stereocenters. The van der Waals surface area contributed by atoms with Crippen LogP contribution in [0, 0.1) is 0 Å². The Bertz CT molecular complexity index is 434. The van der Waals surface area contributed by atoms with Crippen LogP contribution in [0.1, 0.15) is 33.3 Å². The van der Waals surface area contributed by atoms with Gasteiger partial charge >= 0.3 is 6.18 Å². The lowest BCUT2D eigenvalue weighted by atomic mass is 10.2. The van der Waals surface area contributed by atoms with Crippen molar-refractivity contribution in [3.63, 3.8) is 0 Å². The maximum Gasteiger partial charge on any atom is 0.416 e. The van der Waals surface area contributed by atoms with Crippen LogP contribution in [0.5, 0.6) is 0 Å². The Morgan fingerprint density at radius 2 is 1.33 bits per heavy atom. The Morgan fingerprint density at radius 1 is 0.944 bits per heavy atom. The standard InChI is InChI=1S/C13H18F3OP/c1-9(2)18(17,10(3)4)12-7-5-11(6-8-12)13(14,15)16/h5-10H,1-4H3. The van der Waals surface area contributed by atoms with Gasteiger partial charge in [0.05, 0.1) is 5.56 Å². The zero-order valence-corrected chi connectivity index (χ0v) is 11.8. The lowest BCUT2D eigenvalue weighted by molar-refractivity contribution is -0.137. The van der Waals surface area contributed by atoms with Gasteiger partial charge in [-0.25, -0.2) is 0 Å². The van der Waals surface area contributed by atoms with Gasteiger partial charge in [-0.2, -0.15) is 13.2 Å². The minimum absolute atomic E-state index is 0.0748. The Hall–Kier alpha value is -0.760.